The first-order valence-corrected chi connectivity index (χ1v) is 14.0. The Labute approximate surface area is 213 Å². The highest BCUT2D eigenvalue weighted by Crippen LogP contribution is 2.33. The van der Waals surface area contributed by atoms with Crippen LogP contribution >= 0.6 is 11.3 Å². The summed E-state index contributed by atoms with van der Waals surface area (Å²) in [6.07, 6.45) is 4.44. The second-order valence-corrected chi connectivity index (χ2v) is 11.7. The Balaban J connectivity index is 1.49. The molecule has 1 aliphatic rings. The third-order valence-corrected chi connectivity index (χ3v) is 9.42. The molecule has 12 heteroatoms. The molecule has 194 valence electrons. The number of thiophene rings is 1. The van der Waals surface area contributed by atoms with Crippen molar-refractivity contribution in [2.45, 2.75) is 44.0 Å². The van der Waals surface area contributed by atoms with Gasteiger partial charge in [0, 0.05) is 24.5 Å². The first-order valence-electron chi connectivity index (χ1n) is 11.7. The van der Waals surface area contributed by atoms with Crippen LogP contribution in [0.5, 0.6) is 11.5 Å². The quantitative estimate of drug-likeness (QED) is 0.447. The highest BCUT2D eigenvalue weighted by atomic mass is 32.2. The largest absolute Gasteiger partial charge is 0.493 e. The van der Waals surface area contributed by atoms with Gasteiger partial charge in [0.05, 0.1) is 25.9 Å². The summed E-state index contributed by atoms with van der Waals surface area (Å²) in [5.74, 6) is 0.859. The van der Waals surface area contributed by atoms with E-state index in [1.165, 1.54) is 22.0 Å². The van der Waals surface area contributed by atoms with Gasteiger partial charge < -0.3 is 14.8 Å². The van der Waals surface area contributed by atoms with E-state index in [1.807, 2.05) is 12.1 Å². The van der Waals surface area contributed by atoms with Crippen LogP contribution < -0.4 is 20.3 Å². The van der Waals surface area contributed by atoms with Crippen LogP contribution in [0.15, 0.2) is 34.2 Å². The van der Waals surface area contributed by atoms with E-state index >= 15 is 0 Å². The lowest BCUT2D eigenvalue weighted by molar-refractivity contribution is -0.121. The SMILES string of the molecule is COc1ccc(CCNC(=O)Cn2cnc3sc(C)c(S(=O)(=O)N4CCCCC4)c3c2=O)cc1OC. The van der Waals surface area contributed by atoms with Gasteiger partial charge in [0.15, 0.2) is 11.5 Å². The number of fused-ring (bicyclic) bond motifs is 1. The molecule has 0 radical (unpaired) electrons. The third kappa shape index (κ3) is 5.25. The first kappa shape index (κ1) is 26.1. The molecular formula is C24H30N4O6S2. The van der Waals surface area contributed by atoms with Crippen LogP contribution in [0, 0.1) is 6.92 Å². The zero-order chi connectivity index (χ0) is 25.9. The Morgan fingerprint density at radius 1 is 1.14 bits per heavy atom. The minimum atomic E-state index is -3.83. The van der Waals surface area contributed by atoms with Crippen LogP contribution in [0.25, 0.3) is 10.2 Å². The van der Waals surface area contributed by atoms with Crippen molar-refractivity contribution in [3.63, 3.8) is 0 Å². The summed E-state index contributed by atoms with van der Waals surface area (Å²) >= 11 is 1.18. The smallest absolute Gasteiger partial charge is 0.263 e. The summed E-state index contributed by atoms with van der Waals surface area (Å²) in [5.41, 5.74) is 0.421. The summed E-state index contributed by atoms with van der Waals surface area (Å²) in [6, 6.07) is 5.53. The molecule has 0 aliphatic carbocycles. The van der Waals surface area contributed by atoms with E-state index < -0.39 is 15.6 Å². The number of hydrogen-bond acceptors (Lipinski definition) is 8. The fourth-order valence-corrected chi connectivity index (χ4v) is 7.55. The number of piperidine rings is 1. The summed E-state index contributed by atoms with van der Waals surface area (Å²) < 4.78 is 39.9. The van der Waals surface area contributed by atoms with E-state index in [4.69, 9.17) is 9.47 Å². The molecule has 1 aromatic carbocycles. The van der Waals surface area contributed by atoms with Crippen molar-refractivity contribution >= 4 is 37.5 Å². The zero-order valence-electron chi connectivity index (χ0n) is 20.6. The number of nitrogens with zero attached hydrogens (tertiary/aromatic N) is 3. The lowest BCUT2D eigenvalue weighted by atomic mass is 10.1. The molecule has 4 rings (SSSR count). The van der Waals surface area contributed by atoms with E-state index in [1.54, 1.807) is 27.2 Å². The molecule has 3 heterocycles. The maximum absolute atomic E-state index is 13.4. The lowest BCUT2D eigenvalue weighted by Crippen LogP contribution is -2.37. The first-order chi connectivity index (χ1) is 17.3. The number of aryl methyl sites for hydroxylation is 1. The Hall–Kier alpha value is -2.96. The van der Waals surface area contributed by atoms with E-state index in [0.29, 0.717) is 47.3 Å². The Morgan fingerprint density at radius 2 is 1.86 bits per heavy atom. The molecule has 10 nitrogen and oxygen atoms in total. The highest BCUT2D eigenvalue weighted by molar-refractivity contribution is 7.89. The van der Waals surface area contributed by atoms with Crippen LogP contribution in [0.1, 0.15) is 29.7 Å². The van der Waals surface area contributed by atoms with Crippen LogP contribution in [-0.4, -0.2) is 62.0 Å². The fourth-order valence-electron chi connectivity index (χ4n) is 4.36. The van der Waals surface area contributed by atoms with E-state index in [-0.39, 0.29) is 22.7 Å². The van der Waals surface area contributed by atoms with Crippen LogP contribution in [0.2, 0.25) is 0 Å². The molecule has 1 saturated heterocycles. The van der Waals surface area contributed by atoms with Crippen molar-refractivity contribution in [1.82, 2.24) is 19.2 Å². The number of benzene rings is 1. The third-order valence-electron chi connectivity index (χ3n) is 6.21. The molecule has 0 atom stereocenters. The van der Waals surface area contributed by atoms with Crippen LogP contribution in [-0.2, 0) is 27.8 Å². The van der Waals surface area contributed by atoms with Crippen molar-refractivity contribution in [3.05, 3.63) is 45.3 Å². The number of aromatic nitrogens is 2. The van der Waals surface area contributed by atoms with E-state index in [9.17, 15) is 18.0 Å². The van der Waals surface area contributed by atoms with Crippen molar-refractivity contribution in [2.24, 2.45) is 0 Å². The molecule has 1 N–H and O–H groups in total. The summed E-state index contributed by atoms with van der Waals surface area (Å²) in [7, 11) is -0.704. The van der Waals surface area contributed by atoms with Gasteiger partial charge in [0.2, 0.25) is 15.9 Å². The number of carbonyl (C=O) groups excluding carboxylic acids is 1. The predicted molar refractivity (Wildman–Crippen MR) is 137 cm³/mol. The minimum absolute atomic E-state index is 0.0186. The van der Waals surface area contributed by atoms with Crippen molar-refractivity contribution in [3.8, 4) is 11.5 Å². The standard InChI is InChI=1S/C24H30N4O6S2/c1-16-22(36(31,32)28-11-5-4-6-12-28)21-23(35-16)26-15-27(24(21)30)14-20(29)25-10-9-17-7-8-18(33-2)19(13-17)34-3/h7-8,13,15H,4-6,9-12,14H2,1-3H3,(H,25,29). The van der Waals surface area contributed by atoms with Gasteiger partial charge in [-0.25, -0.2) is 13.4 Å². The number of hydrogen-bond donors (Lipinski definition) is 1. The van der Waals surface area contributed by atoms with Crippen molar-refractivity contribution < 1.29 is 22.7 Å². The Kier molecular flexibility index (Phi) is 7.96. The van der Waals surface area contributed by atoms with Crippen LogP contribution in [0.3, 0.4) is 0 Å². The maximum Gasteiger partial charge on any atom is 0.263 e. The average molecular weight is 535 g/mol. The molecule has 0 spiro atoms. The number of ether oxygens (including phenoxy) is 2. The molecule has 1 fully saturated rings. The molecule has 36 heavy (non-hydrogen) atoms. The normalized spacial score (nSPS) is 14.6. The number of rotatable bonds is 9. The molecule has 3 aromatic rings. The van der Waals surface area contributed by atoms with Gasteiger partial charge in [-0.15, -0.1) is 11.3 Å². The Morgan fingerprint density at radius 3 is 2.56 bits per heavy atom. The fraction of sp³-hybridized carbons (Fsp3) is 0.458. The van der Waals surface area contributed by atoms with Crippen molar-refractivity contribution in [2.75, 3.05) is 33.9 Å². The van der Waals surface area contributed by atoms with Crippen molar-refractivity contribution in [1.29, 1.82) is 0 Å². The summed E-state index contributed by atoms with van der Waals surface area (Å²) in [5, 5.41) is 2.86. The van der Waals surface area contributed by atoms with Gasteiger partial charge in [-0.05, 0) is 43.9 Å². The second kappa shape index (κ2) is 11.0. The molecular weight excluding hydrogens is 504 g/mol. The molecule has 2 aromatic heterocycles. The Bertz CT molecular complexity index is 1420. The molecule has 1 aliphatic heterocycles. The van der Waals surface area contributed by atoms with E-state index in [0.717, 1.165) is 29.4 Å². The molecule has 1 amide bonds. The van der Waals surface area contributed by atoms with Gasteiger partial charge in [-0.2, -0.15) is 4.31 Å². The number of nitrogens with one attached hydrogen (secondary N) is 1. The summed E-state index contributed by atoms with van der Waals surface area (Å²) in [6.45, 7) is 2.66. The predicted octanol–water partition coefficient (Wildman–Crippen LogP) is 2.32. The highest BCUT2D eigenvalue weighted by Gasteiger charge is 2.32. The van der Waals surface area contributed by atoms with Gasteiger partial charge in [0.1, 0.15) is 16.3 Å². The minimum Gasteiger partial charge on any atom is -0.493 e. The van der Waals surface area contributed by atoms with E-state index in [2.05, 4.69) is 10.3 Å². The second-order valence-electron chi connectivity index (χ2n) is 8.60. The van der Waals surface area contributed by atoms with Gasteiger partial charge in [-0.1, -0.05) is 12.5 Å². The van der Waals surface area contributed by atoms with Gasteiger partial charge in [0.25, 0.3) is 5.56 Å². The molecule has 0 unspecified atom stereocenters. The maximum atomic E-state index is 13.4. The number of carbonyl (C=O) groups is 1. The average Bonchev–Trinajstić information content (AvgIpc) is 3.23. The zero-order valence-corrected chi connectivity index (χ0v) is 22.2. The lowest BCUT2D eigenvalue weighted by Gasteiger charge is -2.25. The number of methoxy groups -OCH3 is 2. The number of sulfonamides is 1. The topological polar surface area (TPSA) is 120 Å². The van der Waals surface area contributed by atoms with Gasteiger partial charge in [-0.3, -0.25) is 14.2 Å². The van der Waals surface area contributed by atoms with Crippen LogP contribution in [0.4, 0.5) is 0 Å². The van der Waals surface area contributed by atoms with Gasteiger partial charge >= 0.3 is 0 Å². The summed E-state index contributed by atoms with van der Waals surface area (Å²) in [4.78, 5) is 31.1. The number of amides is 1. The molecule has 0 saturated carbocycles. The monoisotopic (exact) mass is 534 g/mol. The molecule has 0 bridgehead atoms.